The van der Waals surface area contributed by atoms with Crippen LogP contribution in [0.5, 0.6) is 0 Å². The number of esters is 1. The molecule has 0 N–H and O–H groups in total. The van der Waals surface area contributed by atoms with E-state index in [4.69, 9.17) is 0 Å². The molecule has 0 spiro atoms. The number of aromatic nitrogens is 1. The Morgan fingerprint density at radius 2 is 2.19 bits per heavy atom. The van der Waals surface area contributed by atoms with Gasteiger partial charge in [-0.25, -0.2) is 4.79 Å². The van der Waals surface area contributed by atoms with E-state index in [0.29, 0.717) is 6.54 Å². The Morgan fingerprint density at radius 1 is 1.50 bits per heavy atom. The summed E-state index contributed by atoms with van der Waals surface area (Å²) in [6, 6.07) is 3.14. The highest BCUT2D eigenvalue weighted by Crippen LogP contribution is 1.94. The number of pyridine rings is 1. The summed E-state index contributed by atoms with van der Waals surface area (Å²) in [5.74, 6) is -0.593. The summed E-state index contributed by atoms with van der Waals surface area (Å²) in [5, 5.41) is 0. The highest BCUT2D eigenvalue weighted by molar-refractivity contribution is 5.88. The van der Waals surface area contributed by atoms with Crippen molar-refractivity contribution in [3.63, 3.8) is 0 Å². The van der Waals surface area contributed by atoms with Crippen molar-refractivity contribution < 1.29 is 9.53 Å². The van der Waals surface area contributed by atoms with Gasteiger partial charge in [0.05, 0.1) is 7.11 Å². The van der Waals surface area contributed by atoms with E-state index in [1.165, 1.54) is 17.7 Å². The fourth-order valence-electron chi connectivity index (χ4n) is 1.29. The Kier molecular flexibility index (Phi) is 4.25. The number of likely N-dealkylation sites (N-methyl/N-ethyl adjacent to an activating group) is 1. The van der Waals surface area contributed by atoms with Crippen LogP contribution in [0.4, 0.5) is 0 Å². The average Bonchev–Trinajstić information content (AvgIpc) is 2.26. The summed E-state index contributed by atoms with van der Waals surface area (Å²) >= 11 is 0. The molecule has 1 aromatic rings. The van der Waals surface area contributed by atoms with Crippen LogP contribution in [0.2, 0.25) is 0 Å². The van der Waals surface area contributed by atoms with Gasteiger partial charge >= 0.3 is 5.97 Å². The number of carbonyl (C=O) groups is 1. The SMILES string of the molecule is COC(=O)c1cccn(CCN(C)C)c1=O. The lowest BCUT2D eigenvalue weighted by Gasteiger charge is -2.11. The lowest BCUT2D eigenvalue weighted by atomic mass is 10.3. The molecule has 0 atom stereocenters. The molecule has 1 rings (SSSR count). The van der Waals surface area contributed by atoms with Crippen LogP contribution in [0.25, 0.3) is 0 Å². The molecule has 5 heteroatoms. The molecule has 0 aliphatic rings. The molecule has 0 aromatic carbocycles. The minimum atomic E-state index is -0.593. The summed E-state index contributed by atoms with van der Waals surface area (Å²) in [6.45, 7) is 1.29. The zero-order valence-electron chi connectivity index (χ0n) is 9.77. The van der Waals surface area contributed by atoms with Gasteiger partial charge in [0, 0.05) is 19.3 Å². The Labute approximate surface area is 94.2 Å². The van der Waals surface area contributed by atoms with E-state index in [-0.39, 0.29) is 11.1 Å². The van der Waals surface area contributed by atoms with Gasteiger partial charge in [0.25, 0.3) is 5.56 Å². The largest absolute Gasteiger partial charge is 0.465 e. The first-order chi connectivity index (χ1) is 7.56. The zero-order valence-corrected chi connectivity index (χ0v) is 9.77. The van der Waals surface area contributed by atoms with Crippen LogP contribution in [0.3, 0.4) is 0 Å². The van der Waals surface area contributed by atoms with Crippen molar-refractivity contribution in [2.75, 3.05) is 27.7 Å². The highest BCUT2D eigenvalue weighted by Gasteiger charge is 2.11. The number of hydrogen-bond acceptors (Lipinski definition) is 4. The fraction of sp³-hybridized carbons (Fsp3) is 0.455. The third-order valence-electron chi connectivity index (χ3n) is 2.21. The zero-order chi connectivity index (χ0) is 12.1. The van der Waals surface area contributed by atoms with E-state index < -0.39 is 5.97 Å². The van der Waals surface area contributed by atoms with Crippen molar-refractivity contribution >= 4 is 5.97 Å². The van der Waals surface area contributed by atoms with E-state index in [9.17, 15) is 9.59 Å². The minimum Gasteiger partial charge on any atom is -0.465 e. The number of ether oxygens (including phenoxy) is 1. The first kappa shape index (κ1) is 12.4. The molecular formula is C11H16N2O3. The van der Waals surface area contributed by atoms with E-state index in [1.54, 1.807) is 12.3 Å². The molecular weight excluding hydrogens is 208 g/mol. The van der Waals surface area contributed by atoms with Crippen LogP contribution in [-0.2, 0) is 11.3 Å². The number of rotatable bonds is 4. The van der Waals surface area contributed by atoms with Crippen LogP contribution in [0, 0.1) is 0 Å². The molecule has 0 aliphatic heterocycles. The Bertz CT molecular complexity index is 423. The molecule has 16 heavy (non-hydrogen) atoms. The third kappa shape index (κ3) is 2.93. The van der Waals surface area contributed by atoms with Crippen LogP contribution < -0.4 is 5.56 Å². The number of hydrogen-bond donors (Lipinski definition) is 0. The topological polar surface area (TPSA) is 51.5 Å². The maximum Gasteiger partial charge on any atom is 0.343 e. The quantitative estimate of drug-likeness (QED) is 0.685. The third-order valence-corrected chi connectivity index (χ3v) is 2.21. The van der Waals surface area contributed by atoms with Crippen molar-refractivity contribution in [3.05, 3.63) is 34.2 Å². The van der Waals surface area contributed by atoms with Gasteiger partial charge < -0.3 is 14.2 Å². The maximum absolute atomic E-state index is 11.8. The van der Waals surface area contributed by atoms with Crippen molar-refractivity contribution in [2.24, 2.45) is 0 Å². The first-order valence-corrected chi connectivity index (χ1v) is 4.98. The number of carbonyl (C=O) groups excluding carboxylic acids is 1. The van der Waals surface area contributed by atoms with Crippen LogP contribution >= 0.6 is 0 Å². The summed E-state index contributed by atoms with van der Waals surface area (Å²) in [7, 11) is 5.11. The van der Waals surface area contributed by atoms with Gasteiger partial charge in [-0.15, -0.1) is 0 Å². The fourth-order valence-corrected chi connectivity index (χ4v) is 1.29. The molecule has 0 amide bonds. The normalized spacial score (nSPS) is 10.5. The highest BCUT2D eigenvalue weighted by atomic mass is 16.5. The van der Waals surface area contributed by atoms with E-state index in [0.717, 1.165) is 6.54 Å². The molecule has 0 unspecified atom stereocenters. The Balaban J connectivity index is 2.95. The van der Waals surface area contributed by atoms with Gasteiger partial charge in [0.15, 0.2) is 0 Å². The Hall–Kier alpha value is -1.62. The van der Waals surface area contributed by atoms with Gasteiger partial charge in [-0.3, -0.25) is 4.79 Å². The maximum atomic E-state index is 11.8. The molecule has 5 nitrogen and oxygen atoms in total. The lowest BCUT2D eigenvalue weighted by Crippen LogP contribution is -2.30. The second kappa shape index (κ2) is 5.46. The van der Waals surface area contributed by atoms with Crippen LogP contribution in [-0.4, -0.2) is 43.2 Å². The van der Waals surface area contributed by atoms with E-state index >= 15 is 0 Å². The summed E-state index contributed by atoms with van der Waals surface area (Å²) in [4.78, 5) is 25.1. The van der Waals surface area contributed by atoms with Crippen molar-refractivity contribution in [1.82, 2.24) is 9.47 Å². The van der Waals surface area contributed by atoms with Gasteiger partial charge in [-0.05, 0) is 26.2 Å². The molecule has 88 valence electrons. The smallest absolute Gasteiger partial charge is 0.343 e. The first-order valence-electron chi connectivity index (χ1n) is 4.98. The van der Waals surface area contributed by atoms with Gasteiger partial charge in [0.1, 0.15) is 5.56 Å². The predicted octanol–water partition coefficient (Wildman–Crippen LogP) is 0.197. The molecule has 0 aliphatic carbocycles. The number of methoxy groups -OCH3 is 1. The average molecular weight is 224 g/mol. The van der Waals surface area contributed by atoms with Crippen LogP contribution in [0.1, 0.15) is 10.4 Å². The van der Waals surface area contributed by atoms with E-state index in [1.807, 2.05) is 19.0 Å². The standard InChI is InChI=1S/C11H16N2O3/c1-12(2)7-8-13-6-4-5-9(10(13)14)11(15)16-3/h4-6H,7-8H2,1-3H3. The Morgan fingerprint density at radius 3 is 2.75 bits per heavy atom. The molecule has 0 saturated carbocycles. The van der Waals surface area contributed by atoms with Gasteiger partial charge in [-0.1, -0.05) is 0 Å². The minimum absolute atomic E-state index is 0.0729. The second-order valence-electron chi connectivity index (χ2n) is 3.72. The molecule has 1 aromatic heterocycles. The molecule has 0 radical (unpaired) electrons. The van der Waals surface area contributed by atoms with Crippen molar-refractivity contribution in [1.29, 1.82) is 0 Å². The molecule has 0 bridgehead atoms. The molecule has 0 fully saturated rings. The van der Waals surface area contributed by atoms with E-state index in [2.05, 4.69) is 4.74 Å². The monoisotopic (exact) mass is 224 g/mol. The predicted molar refractivity (Wildman–Crippen MR) is 60.6 cm³/mol. The number of nitrogens with zero attached hydrogens (tertiary/aromatic N) is 2. The molecule has 1 heterocycles. The van der Waals surface area contributed by atoms with Crippen molar-refractivity contribution in [2.45, 2.75) is 6.54 Å². The van der Waals surface area contributed by atoms with Crippen LogP contribution in [0.15, 0.2) is 23.1 Å². The summed E-state index contributed by atoms with van der Waals surface area (Å²) in [5.41, 5.74) is -0.236. The lowest BCUT2D eigenvalue weighted by molar-refractivity contribution is 0.0598. The second-order valence-corrected chi connectivity index (χ2v) is 3.72. The molecule has 0 saturated heterocycles. The van der Waals surface area contributed by atoms with Crippen molar-refractivity contribution in [3.8, 4) is 0 Å². The van der Waals surface area contributed by atoms with Gasteiger partial charge in [-0.2, -0.15) is 0 Å². The summed E-state index contributed by atoms with van der Waals surface area (Å²) in [6.07, 6.45) is 1.66. The van der Waals surface area contributed by atoms with Gasteiger partial charge in [0.2, 0.25) is 0 Å². The summed E-state index contributed by atoms with van der Waals surface area (Å²) < 4.78 is 6.04.